The number of hydrogen-bond donors (Lipinski definition) is 0. The zero-order chi connectivity index (χ0) is 23.0. The van der Waals surface area contributed by atoms with Gasteiger partial charge in [0, 0.05) is 12.1 Å². The average molecular weight is 412 g/mol. The summed E-state index contributed by atoms with van der Waals surface area (Å²) in [5, 5.41) is 0. The summed E-state index contributed by atoms with van der Waals surface area (Å²) in [6, 6.07) is 14.2. The molecule has 0 aliphatic rings. The highest BCUT2D eigenvalue weighted by molar-refractivity contribution is 6.10. The Labute approximate surface area is 187 Å². The number of nitrogens with zero attached hydrogens (tertiary/aromatic N) is 3. The molecule has 0 amide bonds. The lowest BCUT2D eigenvalue weighted by Gasteiger charge is -2.28. The first-order valence-electron chi connectivity index (χ1n) is 10.5. The molecule has 160 valence electrons. The summed E-state index contributed by atoms with van der Waals surface area (Å²) in [6.45, 7) is 22.8. The predicted octanol–water partition coefficient (Wildman–Crippen LogP) is 7.57. The second-order valence-corrected chi connectivity index (χ2v) is 7.61. The van der Waals surface area contributed by atoms with Crippen molar-refractivity contribution >= 4 is 22.9 Å². The molecule has 0 spiro atoms. The van der Waals surface area contributed by atoms with E-state index in [9.17, 15) is 0 Å². The molecule has 2 aromatic rings. The van der Waals surface area contributed by atoms with Gasteiger partial charge in [-0.2, -0.15) is 0 Å². The molecule has 3 nitrogen and oxygen atoms in total. The Morgan fingerprint density at radius 2 is 1.61 bits per heavy atom. The molecular formula is C28H33N3. The Balaban J connectivity index is 2.63. The Hall–Kier alpha value is -3.46. The molecule has 2 rings (SSSR count). The lowest BCUT2D eigenvalue weighted by atomic mass is 10.0. The van der Waals surface area contributed by atoms with Crippen LogP contribution in [0.25, 0.3) is 5.70 Å². The third-order valence-electron chi connectivity index (χ3n) is 4.85. The topological polar surface area (TPSA) is 28.0 Å². The number of rotatable bonds is 8. The van der Waals surface area contributed by atoms with Crippen molar-refractivity contribution in [2.24, 2.45) is 9.98 Å². The standard InChI is InChI=1S/C28H33N3/c1-9-11-15-23(6)29-25(8)31(28-21(4)18-20(3)19-22(28)5)27(10-2)30-24(7)26-16-13-12-14-17-26/h9-14,16-19H,2,7-8,15H2,1,3-6H3/b11-9?,29-23+,30-27?. The summed E-state index contributed by atoms with van der Waals surface area (Å²) in [7, 11) is 0. The molecule has 3 heteroatoms. The van der Waals surface area contributed by atoms with Gasteiger partial charge in [0.1, 0.15) is 11.7 Å². The molecule has 31 heavy (non-hydrogen) atoms. The minimum atomic E-state index is 0.594. The Morgan fingerprint density at radius 1 is 1.00 bits per heavy atom. The van der Waals surface area contributed by atoms with Crippen molar-refractivity contribution in [3.8, 4) is 0 Å². The highest BCUT2D eigenvalue weighted by Crippen LogP contribution is 2.31. The largest absolute Gasteiger partial charge is 0.279 e. The molecule has 0 unspecified atom stereocenters. The summed E-state index contributed by atoms with van der Waals surface area (Å²) in [5.41, 5.74) is 7.06. The van der Waals surface area contributed by atoms with Crippen molar-refractivity contribution in [3.63, 3.8) is 0 Å². The highest BCUT2D eigenvalue weighted by atomic mass is 15.3. The fourth-order valence-electron chi connectivity index (χ4n) is 3.53. The van der Waals surface area contributed by atoms with Gasteiger partial charge in [-0.05, 0) is 57.4 Å². The molecule has 0 atom stereocenters. The summed E-state index contributed by atoms with van der Waals surface area (Å²) < 4.78 is 0. The number of hydrogen-bond acceptors (Lipinski definition) is 2. The predicted molar refractivity (Wildman–Crippen MR) is 138 cm³/mol. The normalized spacial score (nSPS) is 12.2. The molecule has 2 aromatic carbocycles. The van der Waals surface area contributed by atoms with Gasteiger partial charge in [0.2, 0.25) is 0 Å². The van der Waals surface area contributed by atoms with E-state index in [1.54, 1.807) is 6.08 Å². The van der Waals surface area contributed by atoms with E-state index in [4.69, 9.17) is 9.98 Å². The molecule has 0 aromatic heterocycles. The van der Waals surface area contributed by atoms with Gasteiger partial charge < -0.3 is 0 Å². The molecule has 0 saturated heterocycles. The minimum absolute atomic E-state index is 0.594. The summed E-state index contributed by atoms with van der Waals surface area (Å²) in [4.78, 5) is 11.6. The van der Waals surface area contributed by atoms with Crippen molar-refractivity contribution in [1.29, 1.82) is 0 Å². The molecule has 0 heterocycles. The zero-order valence-corrected chi connectivity index (χ0v) is 19.4. The molecule has 0 bridgehead atoms. The zero-order valence-electron chi connectivity index (χ0n) is 19.4. The van der Waals surface area contributed by atoms with Crippen LogP contribution in [0.5, 0.6) is 0 Å². The van der Waals surface area contributed by atoms with Crippen LogP contribution in [0.4, 0.5) is 5.69 Å². The molecule has 0 N–H and O–H groups in total. The maximum Gasteiger partial charge on any atom is 0.138 e. The molecule has 0 aliphatic heterocycles. The first kappa shape index (κ1) is 23.8. The summed E-state index contributed by atoms with van der Waals surface area (Å²) in [5.74, 6) is 1.23. The number of anilines is 1. The highest BCUT2D eigenvalue weighted by Gasteiger charge is 2.20. The van der Waals surface area contributed by atoms with E-state index in [1.807, 2.05) is 55.2 Å². The van der Waals surface area contributed by atoms with Crippen molar-refractivity contribution in [3.05, 3.63) is 109 Å². The quantitative estimate of drug-likeness (QED) is 0.250. The molecule has 0 aliphatic carbocycles. The van der Waals surface area contributed by atoms with Gasteiger partial charge in [0.15, 0.2) is 0 Å². The summed E-state index contributed by atoms with van der Waals surface area (Å²) in [6.07, 6.45) is 6.61. The number of aryl methyl sites for hydroxylation is 3. The van der Waals surface area contributed by atoms with Crippen molar-refractivity contribution in [2.45, 2.75) is 41.0 Å². The molecular weight excluding hydrogens is 378 g/mol. The van der Waals surface area contributed by atoms with Gasteiger partial charge in [-0.25, -0.2) is 9.98 Å². The maximum absolute atomic E-state index is 4.82. The third-order valence-corrected chi connectivity index (χ3v) is 4.85. The van der Waals surface area contributed by atoms with Crippen LogP contribution in [0.3, 0.4) is 0 Å². The van der Waals surface area contributed by atoms with E-state index in [1.165, 1.54) is 5.56 Å². The van der Waals surface area contributed by atoms with Crippen LogP contribution in [0.2, 0.25) is 0 Å². The first-order chi connectivity index (χ1) is 14.8. The number of benzene rings is 2. The molecule has 0 saturated carbocycles. The van der Waals surface area contributed by atoms with Crippen molar-refractivity contribution in [1.82, 2.24) is 0 Å². The van der Waals surface area contributed by atoms with E-state index in [0.29, 0.717) is 17.4 Å². The van der Waals surface area contributed by atoms with Gasteiger partial charge in [-0.3, -0.25) is 4.90 Å². The fourth-order valence-corrected chi connectivity index (χ4v) is 3.53. The van der Waals surface area contributed by atoms with Gasteiger partial charge in [0.05, 0.1) is 11.4 Å². The second-order valence-electron chi connectivity index (χ2n) is 7.61. The third kappa shape index (κ3) is 6.26. The van der Waals surface area contributed by atoms with Crippen molar-refractivity contribution < 1.29 is 0 Å². The lowest BCUT2D eigenvalue weighted by Crippen LogP contribution is -2.29. The van der Waals surface area contributed by atoms with Crippen LogP contribution in [0.15, 0.2) is 96.2 Å². The fraction of sp³-hybridized carbons (Fsp3) is 0.214. The molecule has 0 fully saturated rings. The van der Waals surface area contributed by atoms with E-state index in [-0.39, 0.29) is 0 Å². The van der Waals surface area contributed by atoms with Crippen molar-refractivity contribution in [2.75, 3.05) is 4.90 Å². The SMILES string of the molecule is C=CC(=NC(=C)c1ccccc1)N(C(=C)/N=C(\C)CC=CC)c1c(C)cc(C)cc1C. The van der Waals surface area contributed by atoms with Gasteiger partial charge in [-0.15, -0.1) is 0 Å². The second kappa shape index (κ2) is 11.1. The minimum Gasteiger partial charge on any atom is -0.279 e. The maximum atomic E-state index is 4.82. The Bertz CT molecular complexity index is 1030. The van der Waals surface area contributed by atoms with E-state index in [0.717, 1.165) is 34.5 Å². The van der Waals surface area contributed by atoms with E-state index in [2.05, 4.69) is 58.7 Å². The van der Waals surface area contributed by atoms with Crippen LogP contribution in [-0.4, -0.2) is 11.5 Å². The van der Waals surface area contributed by atoms with E-state index < -0.39 is 0 Å². The number of amidine groups is 1. The monoisotopic (exact) mass is 411 g/mol. The molecule has 0 radical (unpaired) electrons. The van der Waals surface area contributed by atoms with Gasteiger partial charge in [0.25, 0.3) is 0 Å². The summed E-state index contributed by atoms with van der Waals surface area (Å²) >= 11 is 0. The van der Waals surface area contributed by atoms with E-state index >= 15 is 0 Å². The Morgan fingerprint density at radius 3 is 2.16 bits per heavy atom. The van der Waals surface area contributed by atoms with Crippen LogP contribution < -0.4 is 4.90 Å². The van der Waals surface area contributed by atoms with Crippen LogP contribution in [-0.2, 0) is 0 Å². The van der Waals surface area contributed by atoms with Crippen LogP contribution >= 0.6 is 0 Å². The number of allylic oxidation sites excluding steroid dienone is 2. The van der Waals surface area contributed by atoms with Gasteiger partial charge in [-0.1, -0.05) is 79.9 Å². The average Bonchev–Trinajstić information content (AvgIpc) is 2.73. The first-order valence-corrected chi connectivity index (χ1v) is 10.5. The number of aliphatic imine (C=N–C) groups is 2. The smallest absolute Gasteiger partial charge is 0.138 e. The van der Waals surface area contributed by atoms with Crippen LogP contribution in [0, 0.1) is 20.8 Å². The lowest BCUT2D eigenvalue weighted by molar-refractivity contribution is 1.12. The van der Waals surface area contributed by atoms with Crippen LogP contribution in [0.1, 0.15) is 42.5 Å². The van der Waals surface area contributed by atoms with Gasteiger partial charge >= 0.3 is 0 Å². The Kier molecular flexibility index (Phi) is 8.51.